The van der Waals surface area contributed by atoms with Crippen LogP contribution in [-0.2, 0) is 11.2 Å². The van der Waals surface area contributed by atoms with E-state index in [9.17, 15) is 10.2 Å². The Morgan fingerprint density at radius 3 is 2.37 bits per heavy atom. The fourth-order valence-electron chi connectivity index (χ4n) is 3.37. The second-order valence-electron chi connectivity index (χ2n) is 7.49. The molecule has 27 heavy (non-hydrogen) atoms. The van der Waals surface area contributed by atoms with E-state index in [2.05, 4.69) is 43.0 Å². The molecule has 6 nitrogen and oxygen atoms in total. The minimum absolute atomic E-state index is 0.420. The summed E-state index contributed by atoms with van der Waals surface area (Å²) >= 11 is 2.20. The number of aromatic nitrogens is 4. The number of fused-ring (bicyclic) bond motifs is 2. The van der Waals surface area contributed by atoms with Gasteiger partial charge in [-0.3, -0.25) is 10.2 Å². The van der Waals surface area contributed by atoms with Crippen LogP contribution in [0.2, 0.25) is 0 Å². The van der Waals surface area contributed by atoms with Gasteiger partial charge >= 0.3 is 0 Å². The molecule has 0 fully saturated rings. The van der Waals surface area contributed by atoms with Gasteiger partial charge < -0.3 is 10.2 Å². The Balaban J connectivity index is 1.56. The fourth-order valence-corrected chi connectivity index (χ4v) is 3.92. The van der Waals surface area contributed by atoms with Gasteiger partial charge in [-0.2, -0.15) is 10.2 Å². The number of aromatic amines is 2. The molecule has 0 saturated heterocycles. The van der Waals surface area contributed by atoms with Crippen molar-refractivity contribution in [3.63, 3.8) is 0 Å². The third-order valence-electron chi connectivity index (χ3n) is 5.29. The fraction of sp³-hybridized carbons (Fsp3) is 0.300. The summed E-state index contributed by atoms with van der Waals surface area (Å²) in [7, 11) is 0. The van der Waals surface area contributed by atoms with Gasteiger partial charge in [0, 0.05) is 10.8 Å². The SMILES string of the molecule is CC(O)(CCC(C)(O)c1ccc2n[nH]c(I)c2c1)c1ccc2[nH]ncc2c1. The Labute approximate surface area is 170 Å². The van der Waals surface area contributed by atoms with Crippen molar-refractivity contribution in [1.29, 1.82) is 0 Å². The summed E-state index contributed by atoms with van der Waals surface area (Å²) in [6.45, 7) is 3.57. The second kappa shape index (κ2) is 6.57. The van der Waals surface area contributed by atoms with Crippen LogP contribution in [0.15, 0.2) is 42.6 Å². The first-order valence-electron chi connectivity index (χ1n) is 8.79. The standard InChI is InChI=1S/C20H21IN4O2/c1-19(26,13-3-5-16-12(9-13)11-22-23-16)7-8-20(2,27)14-4-6-17-15(10-14)18(21)25-24-17/h3-6,9-11,26-27H,7-8H2,1-2H3,(H,22,23)(H,24,25). The van der Waals surface area contributed by atoms with Crippen molar-refractivity contribution in [2.75, 3.05) is 0 Å². The minimum Gasteiger partial charge on any atom is -0.385 e. The smallest absolute Gasteiger partial charge is 0.104 e. The topological polar surface area (TPSA) is 97.8 Å². The average molecular weight is 476 g/mol. The summed E-state index contributed by atoms with van der Waals surface area (Å²) in [5, 5.41) is 38.1. The Hall–Kier alpha value is -1.97. The van der Waals surface area contributed by atoms with Crippen LogP contribution in [-0.4, -0.2) is 30.6 Å². The molecule has 0 spiro atoms. The normalized spacial score (nSPS) is 16.5. The summed E-state index contributed by atoms with van der Waals surface area (Å²) in [5.41, 5.74) is 1.33. The molecule has 2 atom stereocenters. The summed E-state index contributed by atoms with van der Waals surface area (Å²) in [4.78, 5) is 0. The second-order valence-corrected chi connectivity index (χ2v) is 8.57. The maximum absolute atomic E-state index is 11.1. The van der Waals surface area contributed by atoms with Crippen molar-refractivity contribution in [2.24, 2.45) is 0 Å². The molecule has 2 heterocycles. The number of aliphatic hydroxyl groups is 2. The lowest BCUT2D eigenvalue weighted by molar-refractivity contribution is -0.00762. The molecule has 7 heteroatoms. The predicted molar refractivity (Wildman–Crippen MR) is 113 cm³/mol. The molecule has 2 aromatic heterocycles. The van der Waals surface area contributed by atoms with Crippen molar-refractivity contribution in [1.82, 2.24) is 20.4 Å². The molecule has 2 aromatic carbocycles. The van der Waals surface area contributed by atoms with Crippen LogP contribution in [0.4, 0.5) is 0 Å². The van der Waals surface area contributed by atoms with Gasteiger partial charge in [0.15, 0.2) is 0 Å². The molecule has 0 aliphatic carbocycles. The first-order valence-corrected chi connectivity index (χ1v) is 9.87. The van der Waals surface area contributed by atoms with E-state index in [0.29, 0.717) is 12.8 Å². The average Bonchev–Trinajstić information content (AvgIpc) is 3.26. The highest BCUT2D eigenvalue weighted by molar-refractivity contribution is 14.1. The van der Waals surface area contributed by atoms with E-state index in [-0.39, 0.29) is 0 Å². The van der Waals surface area contributed by atoms with Crippen LogP contribution >= 0.6 is 22.6 Å². The number of nitrogens with one attached hydrogen (secondary N) is 2. The quantitative estimate of drug-likeness (QED) is 0.328. The summed E-state index contributed by atoms with van der Waals surface area (Å²) in [6, 6.07) is 11.5. The van der Waals surface area contributed by atoms with Crippen molar-refractivity contribution in [3.05, 3.63) is 57.4 Å². The first kappa shape index (κ1) is 18.4. The molecule has 0 aliphatic rings. The summed E-state index contributed by atoms with van der Waals surface area (Å²) < 4.78 is 0.945. The van der Waals surface area contributed by atoms with Crippen LogP contribution in [0.1, 0.15) is 37.8 Å². The molecule has 0 amide bonds. The lowest BCUT2D eigenvalue weighted by atomic mass is 9.83. The van der Waals surface area contributed by atoms with Crippen LogP contribution in [0.3, 0.4) is 0 Å². The number of nitrogens with zero attached hydrogens (tertiary/aromatic N) is 2. The Morgan fingerprint density at radius 1 is 0.963 bits per heavy atom. The van der Waals surface area contributed by atoms with E-state index in [4.69, 9.17) is 0 Å². The highest BCUT2D eigenvalue weighted by Gasteiger charge is 2.30. The Kier molecular flexibility index (Phi) is 4.48. The van der Waals surface area contributed by atoms with Gasteiger partial charge in [0.25, 0.3) is 0 Å². The predicted octanol–water partition coefficient (Wildman–Crippen LogP) is 3.94. The summed E-state index contributed by atoms with van der Waals surface area (Å²) in [5.74, 6) is 0. The molecule has 0 radical (unpaired) electrons. The van der Waals surface area contributed by atoms with Crippen LogP contribution in [0.5, 0.6) is 0 Å². The zero-order valence-corrected chi connectivity index (χ0v) is 17.3. The van der Waals surface area contributed by atoms with E-state index < -0.39 is 11.2 Å². The highest BCUT2D eigenvalue weighted by atomic mass is 127. The minimum atomic E-state index is -1.06. The van der Waals surface area contributed by atoms with Crippen LogP contribution in [0, 0.1) is 3.70 Å². The Bertz CT molecular complexity index is 1110. The molecule has 0 bridgehead atoms. The number of benzene rings is 2. The van der Waals surface area contributed by atoms with Gasteiger partial charge in [-0.1, -0.05) is 12.1 Å². The largest absolute Gasteiger partial charge is 0.385 e. The van der Waals surface area contributed by atoms with Gasteiger partial charge in [-0.25, -0.2) is 0 Å². The van der Waals surface area contributed by atoms with E-state index in [1.807, 2.05) is 36.4 Å². The lowest BCUT2D eigenvalue weighted by Gasteiger charge is -2.30. The molecule has 2 unspecified atom stereocenters. The number of H-pyrrole nitrogens is 2. The van der Waals surface area contributed by atoms with E-state index in [0.717, 1.165) is 36.6 Å². The zero-order valence-electron chi connectivity index (χ0n) is 15.1. The van der Waals surface area contributed by atoms with Gasteiger partial charge in [0.05, 0.1) is 28.4 Å². The number of halogens is 1. The number of hydrogen-bond donors (Lipinski definition) is 4. The molecule has 4 N–H and O–H groups in total. The van der Waals surface area contributed by atoms with Crippen molar-refractivity contribution in [3.8, 4) is 0 Å². The monoisotopic (exact) mass is 476 g/mol. The molecule has 0 aliphatic heterocycles. The van der Waals surface area contributed by atoms with Crippen LogP contribution in [0.25, 0.3) is 21.8 Å². The molecule has 140 valence electrons. The lowest BCUT2D eigenvalue weighted by Crippen LogP contribution is -2.28. The van der Waals surface area contributed by atoms with Gasteiger partial charge in [0.1, 0.15) is 3.70 Å². The first-order chi connectivity index (χ1) is 12.8. The molecule has 0 saturated carbocycles. The molecule has 4 rings (SSSR count). The Morgan fingerprint density at radius 2 is 1.63 bits per heavy atom. The van der Waals surface area contributed by atoms with Gasteiger partial charge in [-0.15, -0.1) is 0 Å². The third-order valence-corrected chi connectivity index (χ3v) is 6.11. The molecule has 4 aromatic rings. The maximum Gasteiger partial charge on any atom is 0.104 e. The van der Waals surface area contributed by atoms with E-state index >= 15 is 0 Å². The highest BCUT2D eigenvalue weighted by Crippen LogP contribution is 2.35. The van der Waals surface area contributed by atoms with Crippen molar-refractivity contribution < 1.29 is 10.2 Å². The number of rotatable bonds is 5. The summed E-state index contributed by atoms with van der Waals surface area (Å²) in [6.07, 6.45) is 2.58. The van der Waals surface area contributed by atoms with Gasteiger partial charge in [-0.05, 0) is 84.7 Å². The van der Waals surface area contributed by atoms with E-state index in [1.165, 1.54) is 0 Å². The van der Waals surface area contributed by atoms with Gasteiger partial charge in [0.2, 0.25) is 0 Å². The van der Waals surface area contributed by atoms with E-state index in [1.54, 1.807) is 20.0 Å². The van der Waals surface area contributed by atoms with Crippen molar-refractivity contribution in [2.45, 2.75) is 37.9 Å². The van der Waals surface area contributed by atoms with Crippen LogP contribution < -0.4 is 0 Å². The number of hydrogen-bond acceptors (Lipinski definition) is 4. The third kappa shape index (κ3) is 3.46. The van der Waals surface area contributed by atoms with Crippen molar-refractivity contribution >= 4 is 44.4 Å². The molecular formula is C20H21IN4O2. The maximum atomic E-state index is 11.1. The molecular weight excluding hydrogens is 455 g/mol. The zero-order chi connectivity index (χ0) is 19.2.